The molecule has 0 bridgehead atoms. The summed E-state index contributed by atoms with van der Waals surface area (Å²) in [4.78, 5) is 3.61. The molecule has 0 saturated heterocycles. The third-order valence-corrected chi connectivity index (χ3v) is 6.26. The standard InChI is InChI=1S/C21H24FN3O2Si/c1-23-18-12-19-15(13-24-25(19)14-27-9-10-28(3,4)5)11-16(18)21-17(22)7-6-8-20(21)26-2/h6-8,11-13H,9-10,14H2,2-5H3. The van der Waals surface area contributed by atoms with Crippen LogP contribution in [0, 0.1) is 12.4 Å². The lowest BCUT2D eigenvalue weighted by molar-refractivity contribution is 0.0817. The average molecular weight is 398 g/mol. The Bertz CT molecular complexity index is 1030. The molecule has 0 aliphatic carbocycles. The summed E-state index contributed by atoms with van der Waals surface area (Å²) in [6, 6.07) is 9.24. The molecule has 0 spiro atoms. The highest BCUT2D eigenvalue weighted by Gasteiger charge is 2.18. The van der Waals surface area contributed by atoms with E-state index >= 15 is 0 Å². The molecular weight excluding hydrogens is 373 g/mol. The van der Waals surface area contributed by atoms with Crippen molar-refractivity contribution >= 4 is 24.7 Å². The van der Waals surface area contributed by atoms with Crippen molar-refractivity contribution < 1.29 is 13.9 Å². The maximum atomic E-state index is 14.5. The van der Waals surface area contributed by atoms with Gasteiger partial charge in [0.05, 0.1) is 25.4 Å². The quantitative estimate of drug-likeness (QED) is 0.291. The number of hydrogen-bond acceptors (Lipinski definition) is 3. The van der Waals surface area contributed by atoms with Gasteiger partial charge in [0, 0.05) is 25.6 Å². The van der Waals surface area contributed by atoms with Gasteiger partial charge >= 0.3 is 0 Å². The third kappa shape index (κ3) is 4.24. The van der Waals surface area contributed by atoms with Crippen LogP contribution in [0.15, 0.2) is 36.5 Å². The van der Waals surface area contributed by atoms with Crippen molar-refractivity contribution in [3.63, 3.8) is 0 Å². The number of benzene rings is 2. The first-order valence-corrected chi connectivity index (χ1v) is 12.8. The first-order valence-electron chi connectivity index (χ1n) is 9.11. The molecule has 0 N–H and O–H groups in total. The first kappa shape index (κ1) is 20.1. The smallest absolute Gasteiger partial charge is 0.197 e. The molecule has 0 aliphatic heterocycles. The molecule has 0 aliphatic rings. The summed E-state index contributed by atoms with van der Waals surface area (Å²) in [5, 5.41) is 5.20. The van der Waals surface area contributed by atoms with Crippen molar-refractivity contribution in [1.82, 2.24) is 9.78 Å². The van der Waals surface area contributed by atoms with Crippen molar-refractivity contribution in [2.45, 2.75) is 32.4 Å². The van der Waals surface area contributed by atoms with Gasteiger partial charge in [-0.05, 0) is 29.8 Å². The van der Waals surface area contributed by atoms with Crippen LogP contribution >= 0.6 is 0 Å². The first-order chi connectivity index (χ1) is 13.3. The predicted octanol–water partition coefficient (Wildman–Crippen LogP) is 5.71. The van der Waals surface area contributed by atoms with Crippen LogP contribution in [0.25, 0.3) is 26.9 Å². The lowest BCUT2D eigenvalue weighted by Crippen LogP contribution is -2.22. The molecule has 1 aromatic heterocycles. The minimum atomic E-state index is -1.15. The zero-order valence-corrected chi connectivity index (χ0v) is 17.6. The van der Waals surface area contributed by atoms with E-state index in [0.29, 0.717) is 30.3 Å². The van der Waals surface area contributed by atoms with E-state index in [-0.39, 0.29) is 5.56 Å². The van der Waals surface area contributed by atoms with Crippen LogP contribution in [0.2, 0.25) is 25.7 Å². The maximum absolute atomic E-state index is 14.5. The van der Waals surface area contributed by atoms with Crippen LogP contribution in [-0.2, 0) is 11.5 Å². The molecule has 0 fully saturated rings. The zero-order valence-electron chi connectivity index (χ0n) is 16.6. The molecule has 3 aromatic rings. The lowest BCUT2D eigenvalue weighted by atomic mass is 10.0. The monoisotopic (exact) mass is 397 g/mol. The van der Waals surface area contributed by atoms with Crippen LogP contribution in [0.5, 0.6) is 5.75 Å². The van der Waals surface area contributed by atoms with E-state index in [1.54, 1.807) is 35.1 Å². The van der Waals surface area contributed by atoms with Crippen LogP contribution in [0.4, 0.5) is 10.1 Å². The fraction of sp³-hybridized carbons (Fsp3) is 0.333. The van der Waals surface area contributed by atoms with Crippen LogP contribution < -0.4 is 4.74 Å². The van der Waals surface area contributed by atoms with Crippen molar-refractivity contribution in [3.8, 4) is 16.9 Å². The lowest BCUT2D eigenvalue weighted by Gasteiger charge is -2.15. The summed E-state index contributed by atoms with van der Waals surface area (Å²) in [6.45, 7) is 15.5. The Morgan fingerprint density at radius 1 is 1.25 bits per heavy atom. The Hall–Kier alpha value is -2.69. The molecular formula is C21H24FN3O2Si. The van der Waals surface area contributed by atoms with Crippen molar-refractivity contribution in [2.24, 2.45) is 0 Å². The third-order valence-electron chi connectivity index (χ3n) is 4.55. The number of halogens is 1. The summed E-state index contributed by atoms with van der Waals surface area (Å²) in [5.41, 5.74) is 1.92. The van der Waals surface area contributed by atoms with E-state index in [1.807, 2.05) is 0 Å². The fourth-order valence-corrected chi connectivity index (χ4v) is 3.73. The highest BCUT2D eigenvalue weighted by molar-refractivity contribution is 6.76. The number of methoxy groups -OCH3 is 1. The highest BCUT2D eigenvalue weighted by Crippen LogP contribution is 2.40. The molecule has 7 heteroatoms. The van der Waals surface area contributed by atoms with Crippen LogP contribution in [0.1, 0.15) is 0 Å². The Labute approximate surface area is 165 Å². The molecule has 0 unspecified atom stereocenters. The fourth-order valence-electron chi connectivity index (χ4n) is 2.98. The van der Waals surface area contributed by atoms with Crippen molar-refractivity contribution in [3.05, 3.63) is 53.8 Å². The largest absolute Gasteiger partial charge is 0.496 e. The summed E-state index contributed by atoms with van der Waals surface area (Å²) in [7, 11) is 0.341. The SMILES string of the molecule is [C-]#[N+]c1cc2c(cnn2COCC[Si](C)(C)C)cc1-c1c(F)cccc1OC. The Balaban J connectivity index is 1.96. The second-order valence-electron chi connectivity index (χ2n) is 7.85. The molecule has 5 nitrogen and oxygen atoms in total. The Kier molecular flexibility index (Phi) is 5.82. The van der Waals surface area contributed by atoms with E-state index in [9.17, 15) is 4.39 Å². The summed E-state index contributed by atoms with van der Waals surface area (Å²) >= 11 is 0. The van der Waals surface area contributed by atoms with Gasteiger partial charge in [0.2, 0.25) is 0 Å². The molecule has 0 atom stereocenters. The molecule has 0 amide bonds. The number of nitrogens with zero attached hydrogens (tertiary/aromatic N) is 3. The summed E-state index contributed by atoms with van der Waals surface area (Å²) in [5.74, 6) is -0.0306. The van der Waals surface area contributed by atoms with Gasteiger partial charge in [0.15, 0.2) is 5.69 Å². The van der Waals surface area contributed by atoms with E-state index in [1.165, 1.54) is 13.2 Å². The predicted molar refractivity (Wildman–Crippen MR) is 112 cm³/mol. The topological polar surface area (TPSA) is 40.6 Å². The number of rotatable bonds is 7. The van der Waals surface area contributed by atoms with Gasteiger partial charge in [0.1, 0.15) is 18.3 Å². The van der Waals surface area contributed by atoms with Crippen LogP contribution in [-0.4, -0.2) is 31.6 Å². The second-order valence-corrected chi connectivity index (χ2v) is 13.5. The Morgan fingerprint density at radius 2 is 2.04 bits per heavy atom. The van der Waals surface area contributed by atoms with Gasteiger partial charge in [-0.15, -0.1) is 0 Å². The second kappa shape index (κ2) is 8.13. The normalized spacial score (nSPS) is 11.6. The van der Waals surface area contributed by atoms with E-state index in [2.05, 4.69) is 29.6 Å². The van der Waals surface area contributed by atoms with Crippen LogP contribution in [0.3, 0.4) is 0 Å². The van der Waals surface area contributed by atoms with Gasteiger partial charge in [-0.3, -0.25) is 0 Å². The molecule has 2 aromatic carbocycles. The van der Waals surface area contributed by atoms with Gasteiger partial charge in [-0.2, -0.15) is 5.10 Å². The number of ether oxygens (including phenoxy) is 2. The molecule has 3 rings (SSSR count). The molecule has 0 radical (unpaired) electrons. The Morgan fingerprint density at radius 3 is 2.71 bits per heavy atom. The zero-order chi connectivity index (χ0) is 20.3. The van der Waals surface area contributed by atoms with Gasteiger partial charge < -0.3 is 9.47 Å². The van der Waals surface area contributed by atoms with Gasteiger partial charge in [-0.1, -0.05) is 31.8 Å². The number of hydrogen-bond donors (Lipinski definition) is 0. The number of fused-ring (bicyclic) bond motifs is 1. The minimum absolute atomic E-state index is 0.289. The van der Waals surface area contributed by atoms with Crippen molar-refractivity contribution in [2.75, 3.05) is 13.7 Å². The van der Waals surface area contributed by atoms with E-state index in [0.717, 1.165) is 16.9 Å². The van der Waals surface area contributed by atoms with Gasteiger partial charge in [-0.25, -0.2) is 13.9 Å². The highest BCUT2D eigenvalue weighted by atomic mass is 28.3. The average Bonchev–Trinajstić information content (AvgIpc) is 3.05. The molecule has 0 saturated carbocycles. The molecule has 28 heavy (non-hydrogen) atoms. The van der Waals surface area contributed by atoms with Crippen molar-refractivity contribution in [1.29, 1.82) is 0 Å². The number of aromatic nitrogens is 2. The summed E-state index contributed by atoms with van der Waals surface area (Å²) in [6.07, 6.45) is 1.71. The van der Waals surface area contributed by atoms with E-state index in [4.69, 9.17) is 16.0 Å². The minimum Gasteiger partial charge on any atom is -0.496 e. The summed E-state index contributed by atoms with van der Waals surface area (Å²) < 4.78 is 27.4. The molecule has 1 heterocycles. The molecule has 146 valence electrons. The van der Waals surface area contributed by atoms with Gasteiger partial charge in [0.25, 0.3) is 0 Å². The maximum Gasteiger partial charge on any atom is 0.197 e. The van der Waals surface area contributed by atoms with E-state index < -0.39 is 13.9 Å².